The Hall–Kier alpha value is -3.55. The molecule has 0 aliphatic heterocycles. The van der Waals surface area contributed by atoms with Crippen molar-refractivity contribution in [1.29, 1.82) is 0 Å². The molecule has 0 unspecified atom stereocenters. The van der Waals surface area contributed by atoms with Gasteiger partial charge in [-0.2, -0.15) is 17.9 Å². The molecular weight excluding hydrogens is 472 g/mol. The summed E-state index contributed by atoms with van der Waals surface area (Å²) in [5.41, 5.74) is -1.20. The molecule has 15 heteroatoms. The van der Waals surface area contributed by atoms with Gasteiger partial charge in [0.1, 0.15) is 5.75 Å². The number of tetrazole rings is 1. The molecule has 1 amide bonds. The monoisotopic (exact) mass is 481 g/mol. The molecule has 0 bridgehead atoms. The largest absolute Gasteiger partial charge is 0.573 e. The highest BCUT2D eigenvalue weighted by Gasteiger charge is 2.34. The Bertz CT molecular complexity index is 1120. The van der Waals surface area contributed by atoms with E-state index in [1.54, 1.807) is 0 Å². The van der Waals surface area contributed by atoms with Crippen molar-refractivity contribution in [2.45, 2.75) is 12.5 Å². The van der Waals surface area contributed by atoms with Crippen LogP contribution in [0.4, 0.5) is 42.8 Å². The van der Waals surface area contributed by atoms with Gasteiger partial charge in [-0.15, -0.1) is 13.2 Å². The number of carbonyl (C=O) groups is 1. The molecule has 0 atom stereocenters. The number of nitrogens with zero attached hydrogens (tertiary/aromatic N) is 5. The lowest BCUT2D eigenvalue weighted by atomic mass is 10.2. The van der Waals surface area contributed by atoms with Crippen molar-refractivity contribution in [3.63, 3.8) is 0 Å². The van der Waals surface area contributed by atoms with Gasteiger partial charge >= 0.3 is 18.6 Å². The Morgan fingerprint density at radius 2 is 1.72 bits per heavy atom. The zero-order valence-electron chi connectivity index (χ0n) is 15.6. The van der Waals surface area contributed by atoms with Gasteiger partial charge in [-0.1, -0.05) is 16.7 Å². The van der Waals surface area contributed by atoms with Gasteiger partial charge in [0.15, 0.2) is 0 Å². The van der Waals surface area contributed by atoms with Gasteiger partial charge in [0, 0.05) is 0 Å². The van der Waals surface area contributed by atoms with E-state index in [2.05, 4.69) is 25.0 Å². The quantitative estimate of drug-likeness (QED) is 0.480. The topological polar surface area (TPSA) is 82.4 Å². The molecule has 0 N–H and O–H groups in total. The van der Waals surface area contributed by atoms with E-state index < -0.39 is 35.0 Å². The highest BCUT2D eigenvalue weighted by atomic mass is 35.5. The molecule has 0 saturated heterocycles. The Balaban J connectivity index is 2.04. The zero-order valence-corrected chi connectivity index (χ0v) is 16.4. The predicted molar refractivity (Wildman–Crippen MR) is 96.8 cm³/mol. The fourth-order valence-corrected chi connectivity index (χ4v) is 2.79. The van der Waals surface area contributed by atoms with Crippen LogP contribution in [0.1, 0.15) is 5.56 Å². The average molecular weight is 482 g/mol. The Labute approximate surface area is 179 Å². The van der Waals surface area contributed by atoms with E-state index in [-0.39, 0.29) is 17.3 Å². The number of benzene rings is 2. The number of methoxy groups -OCH3 is 1. The fourth-order valence-electron chi connectivity index (χ4n) is 2.52. The lowest BCUT2D eigenvalue weighted by Gasteiger charge is -2.21. The van der Waals surface area contributed by atoms with E-state index in [0.29, 0.717) is 17.0 Å². The third-order valence-corrected chi connectivity index (χ3v) is 4.14. The Kier molecular flexibility index (Phi) is 6.16. The second-order valence-electron chi connectivity index (χ2n) is 5.90. The first-order valence-corrected chi connectivity index (χ1v) is 8.68. The molecule has 0 spiro atoms. The van der Waals surface area contributed by atoms with E-state index in [1.165, 1.54) is 0 Å². The highest BCUT2D eigenvalue weighted by Crippen LogP contribution is 2.37. The van der Waals surface area contributed by atoms with Gasteiger partial charge in [-0.05, 0) is 52.9 Å². The van der Waals surface area contributed by atoms with Crippen LogP contribution < -0.4 is 9.64 Å². The summed E-state index contributed by atoms with van der Waals surface area (Å²) in [6.07, 6.45) is -10.7. The summed E-state index contributed by atoms with van der Waals surface area (Å²) < 4.78 is 85.2. The number of carbonyl (C=O) groups excluding carboxylic acids is 1. The zero-order chi connectivity index (χ0) is 23.7. The van der Waals surface area contributed by atoms with Gasteiger partial charge in [0.25, 0.3) is 5.95 Å². The summed E-state index contributed by atoms with van der Waals surface area (Å²) in [5, 5.41) is 10.3. The number of alkyl halides is 6. The van der Waals surface area contributed by atoms with E-state index in [0.717, 1.165) is 42.1 Å². The number of aromatic nitrogens is 4. The van der Waals surface area contributed by atoms with Crippen LogP contribution in [0, 0.1) is 0 Å². The van der Waals surface area contributed by atoms with Crippen LogP contribution in [0.25, 0.3) is 5.69 Å². The van der Waals surface area contributed by atoms with E-state index in [4.69, 9.17) is 11.6 Å². The SMILES string of the molecule is COC(=O)N(c1ccc(C(F)(F)F)cc1Cl)c1nnnn1-c1ccc(OC(F)(F)F)cc1. The molecule has 0 aliphatic carbocycles. The van der Waals surface area contributed by atoms with Crippen molar-refractivity contribution in [3.8, 4) is 11.4 Å². The molecular formula is C17H10ClF6N5O3. The summed E-state index contributed by atoms with van der Waals surface area (Å²) in [6, 6.07) is 6.47. The second-order valence-corrected chi connectivity index (χ2v) is 6.31. The Morgan fingerprint density at radius 3 is 2.25 bits per heavy atom. The van der Waals surface area contributed by atoms with Crippen molar-refractivity contribution in [2.24, 2.45) is 0 Å². The molecule has 0 aliphatic rings. The maximum atomic E-state index is 12.9. The summed E-state index contributed by atoms with van der Waals surface area (Å²) in [6.45, 7) is 0. The normalized spacial score (nSPS) is 11.9. The summed E-state index contributed by atoms with van der Waals surface area (Å²) in [4.78, 5) is 13.1. The van der Waals surface area contributed by atoms with Gasteiger partial charge < -0.3 is 9.47 Å². The average Bonchev–Trinajstić information content (AvgIpc) is 3.17. The van der Waals surface area contributed by atoms with E-state index in [9.17, 15) is 31.1 Å². The van der Waals surface area contributed by atoms with Crippen molar-refractivity contribution in [2.75, 3.05) is 12.0 Å². The smallest absolute Gasteiger partial charge is 0.452 e. The van der Waals surface area contributed by atoms with Gasteiger partial charge in [0.05, 0.1) is 29.1 Å². The summed E-state index contributed by atoms with van der Waals surface area (Å²) >= 11 is 5.98. The first-order chi connectivity index (χ1) is 14.9. The van der Waals surface area contributed by atoms with E-state index >= 15 is 0 Å². The molecule has 1 heterocycles. The summed E-state index contributed by atoms with van der Waals surface area (Å²) in [5.74, 6) is -0.880. The van der Waals surface area contributed by atoms with Gasteiger partial charge in [0.2, 0.25) is 0 Å². The first-order valence-electron chi connectivity index (χ1n) is 8.30. The number of hydrogen-bond acceptors (Lipinski definition) is 6. The lowest BCUT2D eigenvalue weighted by Crippen LogP contribution is -2.29. The van der Waals surface area contributed by atoms with E-state index in [1.807, 2.05) is 0 Å². The van der Waals surface area contributed by atoms with Gasteiger partial charge in [-0.3, -0.25) is 0 Å². The minimum Gasteiger partial charge on any atom is -0.452 e. The number of anilines is 2. The fraction of sp³-hybridized carbons (Fsp3) is 0.176. The highest BCUT2D eigenvalue weighted by molar-refractivity contribution is 6.34. The molecule has 32 heavy (non-hydrogen) atoms. The van der Waals surface area contributed by atoms with Crippen LogP contribution in [-0.2, 0) is 10.9 Å². The standard InChI is InChI=1S/C17H10ClF6N5O3/c1-31-15(30)28(13-7-2-9(8-12(13)18)16(19,20)21)14-25-26-27-29(14)10-3-5-11(6-4-10)32-17(22,23)24/h2-8H,1H3. The van der Waals surface area contributed by atoms with Crippen LogP contribution in [-0.4, -0.2) is 39.8 Å². The maximum Gasteiger partial charge on any atom is 0.573 e. The number of ether oxygens (including phenoxy) is 2. The van der Waals surface area contributed by atoms with Crippen LogP contribution in [0.15, 0.2) is 42.5 Å². The van der Waals surface area contributed by atoms with Crippen LogP contribution in [0.5, 0.6) is 5.75 Å². The minimum atomic E-state index is -4.90. The molecule has 0 fully saturated rings. The molecule has 1 aromatic heterocycles. The van der Waals surface area contributed by atoms with Crippen LogP contribution in [0.3, 0.4) is 0 Å². The number of amides is 1. The lowest BCUT2D eigenvalue weighted by molar-refractivity contribution is -0.274. The molecule has 170 valence electrons. The number of hydrogen-bond donors (Lipinski definition) is 0. The molecule has 3 rings (SSSR count). The first kappa shape index (κ1) is 23.1. The van der Waals surface area contributed by atoms with Crippen LogP contribution >= 0.6 is 11.6 Å². The Morgan fingerprint density at radius 1 is 1.06 bits per heavy atom. The molecule has 8 nitrogen and oxygen atoms in total. The van der Waals surface area contributed by atoms with Crippen LogP contribution in [0.2, 0.25) is 5.02 Å². The predicted octanol–water partition coefficient (Wildman–Crippen LogP) is 5.14. The van der Waals surface area contributed by atoms with Crippen molar-refractivity contribution >= 4 is 29.3 Å². The molecule has 0 radical (unpaired) electrons. The molecule has 2 aromatic carbocycles. The third-order valence-electron chi connectivity index (χ3n) is 3.84. The maximum absolute atomic E-state index is 12.9. The molecule has 0 saturated carbocycles. The number of halogens is 7. The summed E-state index contributed by atoms with van der Waals surface area (Å²) in [7, 11) is 1.00. The molecule has 3 aromatic rings. The number of rotatable bonds is 4. The second kappa shape index (κ2) is 8.53. The van der Waals surface area contributed by atoms with Crippen molar-refractivity contribution in [1.82, 2.24) is 20.2 Å². The third kappa shape index (κ3) is 5.01. The van der Waals surface area contributed by atoms with Crippen molar-refractivity contribution in [3.05, 3.63) is 53.1 Å². The van der Waals surface area contributed by atoms with Crippen molar-refractivity contribution < 1.29 is 40.6 Å². The minimum absolute atomic E-state index is 0.0939. The van der Waals surface area contributed by atoms with Gasteiger partial charge in [-0.25, -0.2) is 9.69 Å².